The molecule has 150 valence electrons. The van der Waals surface area contributed by atoms with Crippen LogP contribution in [0, 0.1) is 34.5 Å². The van der Waals surface area contributed by atoms with E-state index in [-0.39, 0.29) is 16.6 Å². The van der Waals surface area contributed by atoms with Gasteiger partial charge < -0.3 is 10.8 Å². The van der Waals surface area contributed by atoms with Crippen LogP contribution in [0.4, 0.5) is 0 Å². The van der Waals surface area contributed by atoms with Crippen molar-refractivity contribution in [3.63, 3.8) is 0 Å². The highest BCUT2D eigenvalue weighted by atomic mass is 32.1. The molecule has 4 nitrogen and oxygen atoms in total. The molecule has 0 heterocycles. The Hall–Kier alpha value is -0.940. The van der Waals surface area contributed by atoms with Gasteiger partial charge in [-0.3, -0.25) is 5.43 Å². The molecule has 0 aromatic carbocycles. The Kier molecular flexibility index (Phi) is 4.91. The molecule has 0 radical (unpaired) electrons. The van der Waals surface area contributed by atoms with Gasteiger partial charge in [-0.05, 0) is 111 Å². The average Bonchev–Trinajstić information content (AvgIpc) is 2.97. The number of allylic oxidation sites excluding steroid dienone is 2. The van der Waals surface area contributed by atoms with Crippen molar-refractivity contribution in [3.8, 4) is 0 Å². The van der Waals surface area contributed by atoms with Crippen molar-refractivity contribution in [1.29, 1.82) is 0 Å². The molecule has 0 aliphatic heterocycles. The summed E-state index contributed by atoms with van der Waals surface area (Å²) in [4.78, 5) is 0. The molecular weight excluding hydrogens is 354 g/mol. The van der Waals surface area contributed by atoms with Gasteiger partial charge in [0, 0.05) is 0 Å². The number of hydrazone groups is 1. The van der Waals surface area contributed by atoms with E-state index in [1.165, 1.54) is 44.1 Å². The molecule has 0 bridgehead atoms. The summed E-state index contributed by atoms with van der Waals surface area (Å²) < 4.78 is 0. The van der Waals surface area contributed by atoms with Gasteiger partial charge in [0.1, 0.15) is 0 Å². The minimum absolute atomic E-state index is 0.0618. The summed E-state index contributed by atoms with van der Waals surface area (Å²) >= 11 is 4.90. The molecule has 7 atom stereocenters. The monoisotopic (exact) mass is 389 g/mol. The van der Waals surface area contributed by atoms with Crippen molar-refractivity contribution in [2.24, 2.45) is 45.3 Å². The molecule has 4 aliphatic carbocycles. The Morgan fingerprint density at radius 1 is 1.22 bits per heavy atom. The number of fused-ring (bicyclic) bond motifs is 5. The third-order valence-corrected chi connectivity index (χ3v) is 9.03. The minimum Gasteiger partial charge on any atom is -0.393 e. The van der Waals surface area contributed by atoms with Gasteiger partial charge in [0.25, 0.3) is 0 Å². The zero-order valence-electron chi connectivity index (χ0n) is 17.0. The summed E-state index contributed by atoms with van der Waals surface area (Å²) in [6.07, 6.45) is 12.0. The fourth-order valence-corrected chi connectivity index (χ4v) is 7.61. The lowest BCUT2D eigenvalue weighted by Gasteiger charge is -2.60. The van der Waals surface area contributed by atoms with E-state index in [4.69, 9.17) is 18.0 Å². The van der Waals surface area contributed by atoms with Crippen LogP contribution in [-0.2, 0) is 0 Å². The van der Waals surface area contributed by atoms with Crippen LogP contribution in [-0.4, -0.2) is 22.0 Å². The van der Waals surface area contributed by atoms with Crippen LogP contribution < -0.4 is 11.2 Å². The summed E-state index contributed by atoms with van der Waals surface area (Å²) in [5, 5.41) is 14.9. The maximum atomic E-state index is 10.2. The quantitative estimate of drug-likeness (QED) is 0.377. The van der Waals surface area contributed by atoms with Crippen LogP contribution in [0.25, 0.3) is 0 Å². The topological polar surface area (TPSA) is 70.6 Å². The lowest BCUT2D eigenvalue weighted by Crippen LogP contribution is -2.53. The molecule has 0 saturated heterocycles. The van der Waals surface area contributed by atoms with Gasteiger partial charge >= 0.3 is 0 Å². The van der Waals surface area contributed by atoms with Crippen molar-refractivity contribution in [3.05, 3.63) is 11.6 Å². The van der Waals surface area contributed by atoms with Crippen LogP contribution in [0.3, 0.4) is 0 Å². The minimum atomic E-state index is -0.0618. The number of nitrogens with one attached hydrogen (secondary N) is 1. The highest BCUT2D eigenvalue weighted by molar-refractivity contribution is 7.80. The van der Waals surface area contributed by atoms with Gasteiger partial charge in [-0.1, -0.05) is 19.9 Å². The van der Waals surface area contributed by atoms with Crippen LogP contribution in [0.1, 0.15) is 72.1 Å². The van der Waals surface area contributed by atoms with E-state index in [1.807, 2.05) is 0 Å². The SMILES string of the molecule is C/C(=N/NC(N)=S)C1=CC[C@@H]2[C@@H]3CC[C@H]4C[C@@H](O)CC[C@]4(C)[C@H]3CC[C@]12C. The molecule has 0 unspecified atom stereocenters. The second-order valence-electron chi connectivity index (χ2n) is 10.1. The number of nitrogens with two attached hydrogens (primary N) is 1. The number of hydrogen-bond donors (Lipinski definition) is 3. The van der Waals surface area contributed by atoms with E-state index in [0.29, 0.717) is 5.41 Å². The summed E-state index contributed by atoms with van der Waals surface area (Å²) in [5.74, 6) is 3.08. The molecule has 27 heavy (non-hydrogen) atoms. The Morgan fingerprint density at radius 3 is 2.74 bits per heavy atom. The fraction of sp³-hybridized carbons (Fsp3) is 0.818. The Labute approximate surface area is 169 Å². The summed E-state index contributed by atoms with van der Waals surface area (Å²) in [6.45, 7) is 7.09. The predicted molar refractivity (Wildman–Crippen MR) is 114 cm³/mol. The molecule has 0 spiro atoms. The van der Waals surface area contributed by atoms with Gasteiger partial charge in [0.15, 0.2) is 5.11 Å². The van der Waals surface area contributed by atoms with Crippen LogP contribution >= 0.6 is 12.2 Å². The van der Waals surface area contributed by atoms with Crippen LogP contribution in [0.15, 0.2) is 16.8 Å². The first-order valence-electron chi connectivity index (χ1n) is 10.7. The molecule has 5 heteroatoms. The van der Waals surface area contributed by atoms with E-state index < -0.39 is 0 Å². The second kappa shape index (κ2) is 6.84. The molecule has 0 aromatic rings. The molecule has 4 aliphatic rings. The number of hydrogen-bond acceptors (Lipinski definition) is 3. The second-order valence-corrected chi connectivity index (χ2v) is 10.5. The summed E-state index contributed by atoms with van der Waals surface area (Å²) in [5.41, 5.74) is 11.4. The van der Waals surface area contributed by atoms with E-state index in [9.17, 15) is 5.11 Å². The highest BCUT2D eigenvalue weighted by Gasteiger charge is 2.58. The normalized spacial score (nSPS) is 46.7. The Bertz CT molecular complexity index is 689. The third-order valence-electron chi connectivity index (χ3n) is 8.94. The Balaban J connectivity index is 1.56. The molecule has 4 N–H and O–H groups in total. The molecular formula is C22H35N3OS. The van der Waals surface area contributed by atoms with Crippen LogP contribution in [0.5, 0.6) is 0 Å². The zero-order valence-corrected chi connectivity index (χ0v) is 17.8. The average molecular weight is 390 g/mol. The number of rotatable bonds is 2. The molecule has 0 aromatic heterocycles. The van der Waals surface area contributed by atoms with Crippen molar-refractivity contribution < 1.29 is 5.11 Å². The van der Waals surface area contributed by atoms with Crippen molar-refractivity contribution in [1.82, 2.24) is 5.43 Å². The van der Waals surface area contributed by atoms with Crippen molar-refractivity contribution in [2.75, 3.05) is 0 Å². The van der Waals surface area contributed by atoms with Gasteiger partial charge in [-0.25, -0.2) is 0 Å². The van der Waals surface area contributed by atoms with Crippen molar-refractivity contribution in [2.45, 2.75) is 78.2 Å². The first kappa shape index (κ1) is 19.4. The van der Waals surface area contributed by atoms with Gasteiger partial charge in [0.2, 0.25) is 0 Å². The third kappa shape index (κ3) is 3.05. The number of aliphatic hydroxyl groups excluding tert-OH is 1. The molecule has 0 amide bonds. The number of thiocarbonyl (C=S) groups is 1. The number of nitrogens with zero attached hydrogens (tertiary/aromatic N) is 1. The van der Waals surface area contributed by atoms with E-state index >= 15 is 0 Å². The predicted octanol–water partition coefficient (Wildman–Crippen LogP) is 4.14. The summed E-state index contributed by atoms with van der Waals surface area (Å²) in [6, 6.07) is 0. The standard InChI is InChI=1S/C22H35N3OS/c1-13(24-25-20(23)27)17-6-7-18-16-5-4-14-12-15(26)8-10-21(14,2)19(16)9-11-22(17,18)3/h6,14-16,18-19,26H,4-5,7-12H2,1-3H3,(H3,23,25,27)/b24-13-/t14-,15-,16-,18+,19-,21-,22+/m0/s1. The molecule has 3 saturated carbocycles. The van der Waals surface area contributed by atoms with Gasteiger partial charge in [-0.15, -0.1) is 0 Å². The lowest BCUT2D eigenvalue weighted by molar-refractivity contribution is -0.117. The van der Waals surface area contributed by atoms with E-state index in [0.717, 1.165) is 42.2 Å². The summed E-state index contributed by atoms with van der Waals surface area (Å²) in [7, 11) is 0. The maximum absolute atomic E-state index is 10.2. The lowest BCUT2D eigenvalue weighted by atomic mass is 9.44. The maximum Gasteiger partial charge on any atom is 0.184 e. The first-order chi connectivity index (χ1) is 12.8. The fourth-order valence-electron chi connectivity index (χ4n) is 7.56. The highest BCUT2D eigenvalue weighted by Crippen LogP contribution is 2.66. The first-order valence-corrected chi connectivity index (χ1v) is 11.2. The van der Waals surface area contributed by atoms with Crippen LogP contribution in [0.2, 0.25) is 0 Å². The van der Waals surface area contributed by atoms with Gasteiger partial charge in [0.05, 0.1) is 11.8 Å². The number of aliphatic hydroxyl groups is 1. The van der Waals surface area contributed by atoms with E-state index in [2.05, 4.69) is 37.4 Å². The Morgan fingerprint density at radius 2 is 2.00 bits per heavy atom. The van der Waals surface area contributed by atoms with Crippen molar-refractivity contribution >= 4 is 23.0 Å². The van der Waals surface area contributed by atoms with E-state index in [1.54, 1.807) is 0 Å². The molecule has 3 fully saturated rings. The smallest absolute Gasteiger partial charge is 0.184 e. The molecule has 4 rings (SSSR count). The van der Waals surface area contributed by atoms with Gasteiger partial charge in [-0.2, -0.15) is 5.10 Å². The largest absolute Gasteiger partial charge is 0.393 e. The zero-order chi connectivity index (χ0) is 19.4.